The van der Waals surface area contributed by atoms with Crippen molar-refractivity contribution in [2.75, 3.05) is 0 Å². The quantitative estimate of drug-likeness (QED) is 0.548. The van der Waals surface area contributed by atoms with Crippen LogP contribution in [0.2, 0.25) is 0 Å². The van der Waals surface area contributed by atoms with Crippen LogP contribution >= 0.6 is 0 Å². The summed E-state index contributed by atoms with van der Waals surface area (Å²) in [6.07, 6.45) is 2.11. The van der Waals surface area contributed by atoms with Gasteiger partial charge in [0.25, 0.3) is 0 Å². The average molecular weight is 339 g/mol. The molecule has 0 heterocycles. The van der Waals surface area contributed by atoms with E-state index in [9.17, 15) is 0 Å². The molecule has 0 aromatic heterocycles. The molecular formula is C10H24HfO-2. The van der Waals surface area contributed by atoms with Crippen LogP contribution in [0.25, 0.3) is 0 Å². The standard InChI is InChI=1S/2C5H11.Hf.H2O/c2*1-4-5(2)3;;/h2*5H,1,4H2,2-3H3;;1H2/q2*-1;;. The molecule has 76 valence electrons. The molecule has 0 unspecified atom stereocenters. The first-order chi connectivity index (χ1) is 4.54. The zero-order valence-electron chi connectivity index (χ0n) is 8.98. The maximum Gasteiger partial charge on any atom is 0 e. The molecule has 2 heteroatoms. The second-order valence-corrected chi connectivity index (χ2v) is 3.37. The van der Waals surface area contributed by atoms with Crippen LogP contribution in [0, 0.1) is 25.7 Å². The fourth-order valence-corrected chi connectivity index (χ4v) is 0. The third-order valence-corrected chi connectivity index (χ3v) is 1.15. The minimum absolute atomic E-state index is 0. The number of hydrogen-bond donors (Lipinski definition) is 0. The second kappa shape index (κ2) is 17.8. The molecule has 0 saturated carbocycles. The van der Waals surface area contributed by atoms with Crippen LogP contribution in [0.15, 0.2) is 0 Å². The van der Waals surface area contributed by atoms with E-state index in [-0.39, 0.29) is 31.3 Å². The average Bonchev–Trinajstić information content (AvgIpc) is 1.89. The van der Waals surface area contributed by atoms with Crippen LogP contribution < -0.4 is 0 Å². The van der Waals surface area contributed by atoms with Crippen molar-refractivity contribution in [2.45, 2.75) is 40.5 Å². The van der Waals surface area contributed by atoms with Crippen LogP contribution in [0.4, 0.5) is 0 Å². The molecule has 0 aliphatic rings. The largest absolute Gasteiger partial charge is 0.412 e. The van der Waals surface area contributed by atoms with E-state index >= 15 is 0 Å². The summed E-state index contributed by atoms with van der Waals surface area (Å²) in [5.41, 5.74) is 0. The van der Waals surface area contributed by atoms with Crippen molar-refractivity contribution in [1.29, 1.82) is 0 Å². The first-order valence-electron chi connectivity index (χ1n) is 4.13. The zero-order valence-corrected chi connectivity index (χ0v) is 12.6. The molecule has 0 aromatic rings. The van der Waals surface area contributed by atoms with Crippen molar-refractivity contribution < 1.29 is 31.3 Å². The van der Waals surface area contributed by atoms with Gasteiger partial charge in [0.1, 0.15) is 0 Å². The predicted octanol–water partition coefficient (Wildman–Crippen LogP) is 2.91. The van der Waals surface area contributed by atoms with Crippen LogP contribution in [0.3, 0.4) is 0 Å². The molecule has 2 N–H and O–H groups in total. The van der Waals surface area contributed by atoms with Gasteiger partial charge in [-0.3, -0.25) is 0 Å². The first kappa shape index (κ1) is 23.0. The topological polar surface area (TPSA) is 31.5 Å². The number of rotatable bonds is 2. The third kappa shape index (κ3) is 44.9. The molecule has 1 nitrogen and oxygen atoms in total. The second-order valence-electron chi connectivity index (χ2n) is 3.37. The van der Waals surface area contributed by atoms with Gasteiger partial charge >= 0.3 is 0 Å². The van der Waals surface area contributed by atoms with Gasteiger partial charge in [0.05, 0.1) is 0 Å². The van der Waals surface area contributed by atoms with Gasteiger partial charge in [0.2, 0.25) is 0 Å². The molecule has 0 fully saturated rings. The summed E-state index contributed by atoms with van der Waals surface area (Å²) in [6, 6.07) is 0. The maximum atomic E-state index is 3.69. The van der Waals surface area contributed by atoms with E-state index in [1.807, 2.05) is 0 Å². The molecule has 0 saturated heterocycles. The van der Waals surface area contributed by atoms with E-state index < -0.39 is 0 Å². The Balaban J connectivity index is -0.0000000457. The van der Waals surface area contributed by atoms with Crippen molar-refractivity contribution in [1.82, 2.24) is 0 Å². The Hall–Kier alpha value is 0.830. The first-order valence-corrected chi connectivity index (χ1v) is 4.13. The zero-order chi connectivity index (χ0) is 8.57. The van der Waals surface area contributed by atoms with E-state index in [4.69, 9.17) is 0 Å². The summed E-state index contributed by atoms with van der Waals surface area (Å²) >= 11 is 0. The van der Waals surface area contributed by atoms with E-state index in [0.717, 1.165) is 24.7 Å². The van der Waals surface area contributed by atoms with E-state index in [0.29, 0.717) is 0 Å². The Labute approximate surface area is 97.4 Å². The molecule has 0 radical (unpaired) electrons. The van der Waals surface area contributed by atoms with Gasteiger partial charge in [-0.1, -0.05) is 39.5 Å². The van der Waals surface area contributed by atoms with Crippen LogP contribution in [-0.2, 0) is 25.8 Å². The van der Waals surface area contributed by atoms with E-state index in [1.165, 1.54) is 0 Å². The Morgan fingerprint density at radius 2 is 0.917 bits per heavy atom. The minimum Gasteiger partial charge on any atom is -0.412 e. The molecule has 0 spiro atoms. The van der Waals surface area contributed by atoms with Gasteiger partial charge in [-0.05, 0) is 0 Å². The van der Waals surface area contributed by atoms with Crippen molar-refractivity contribution in [3.63, 3.8) is 0 Å². The Morgan fingerprint density at radius 3 is 0.917 bits per heavy atom. The molecule has 0 aliphatic carbocycles. The fourth-order valence-electron chi connectivity index (χ4n) is 0. The van der Waals surface area contributed by atoms with E-state index in [2.05, 4.69) is 41.5 Å². The van der Waals surface area contributed by atoms with Gasteiger partial charge in [0.15, 0.2) is 0 Å². The minimum atomic E-state index is 0. The smallest absolute Gasteiger partial charge is 0 e. The Kier molecular flexibility index (Phi) is 34.2. The Bertz CT molecular complexity index is 45.8. The molecule has 0 aromatic carbocycles. The number of hydrogen-bond acceptors (Lipinski definition) is 0. The van der Waals surface area contributed by atoms with Gasteiger partial charge in [-0.15, -0.1) is 0 Å². The van der Waals surface area contributed by atoms with Crippen LogP contribution in [-0.4, -0.2) is 5.48 Å². The normalized spacial score (nSPS) is 8.00. The summed E-state index contributed by atoms with van der Waals surface area (Å²) in [6.45, 7) is 16.0. The van der Waals surface area contributed by atoms with Gasteiger partial charge < -0.3 is 19.3 Å². The molecule has 0 bridgehead atoms. The molecule has 0 rings (SSSR count). The molecule has 0 amide bonds. The van der Waals surface area contributed by atoms with Crippen molar-refractivity contribution in [2.24, 2.45) is 11.8 Å². The van der Waals surface area contributed by atoms with Crippen molar-refractivity contribution in [3.8, 4) is 0 Å². The summed E-state index contributed by atoms with van der Waals surface area (Å²) < 4.78 is 0. The van der Waals surface area contributed by atoms with Gasteiger partial charge in [-0.2, -0.15) is 12.8 Å². The van der Waals surface area contributed by atoms with Crippen molar-refractivity contribution in [3.05, 3.63) is 13.8 Å². The maximum absolute atomic E-state index is 3.69. The summed E-state index contributed by atoms with van der Waals surface area (Å²) in [5, 5.41) is 0. The van der Waals surface area contributed by atoms with Crippen LogP contribution in [0.1, 0.15) is 40.5 Å². The fraction of sp³-hybridized carbons (Fsp3) is 0.800. The molecule has 0 atom stereocenters. The summed E-state index contributed by atoms with van der Waals surface area (Å²) in [7, 11) is 0. The summed E-state index contributed by atoms with van der Waals surface area (Å²) in [4.78, 5) is 0. The van der Waals surface area contributed by atoms with Crippen molar-refractivity contribution >= 4 is 0 Å². The third-order valence-electron chi connectivity index (χ3n) is 1.15. The Morgan fingerprint density at radius 1 is 0.833 bits per heavy atom. The van der Waals surface area contributed by atoms with E-state index in [1.54, 1.807) is 0 Å². The molecule has 0 aliphatic heterocycles. The molecule has 12 heavy (non-hydrogen) atoms. The molecular weight excluding hydrogens is 315 g/mol. The van der Waals surface area contributed by atoms with Gasteiger partial charge in [-0.25, -0.2) is 0 Å². The summed E-state index contributed by atoms with van der Waals surface area (Å²) in [5.74, 6) is 1.55. The van der Waals surface area contributed by atoms with Crippen LogP contribution in [0.5, 0.6) is 0 Å². The predicted molar refractivity (Wildman–Crippen MR) is 53.2 cm³/mol. The monoisotopic (exact) mass is 340 g/mol. The SMILES string of the molecule is O.[CH2-]CC(C)C.[CH2-]CC(C)C.[Hf]. The van der Waals surface area contributed by atoms with Gasteiger partial charge in [0, 0.05) is 25.8 Å².